The Morgan fingerprint density at radius 3 is 2.73 bits per heavy atom. The van der Waals surface area contributed by atoms with Gasteiger partial charge in [0, 0.05) is 43.2 Å². The van der Waals surface area contributed by atoms with Gasteiger partial charge < -0.3 is 29.8 Å². The number of nitrogens with two attached hydrogens (primary N) is 1. The number of ether oxygens (including phenoxy) is 1. The van der Waals surface area contributed by atoms with Crippen molar-refractivity contribution < 1.29 is 18.7 Å². The van der Waals surface area contributed by atoms with Crippen molar-refractivity contribution in [2.24, 2.45) is 18.7 Å². The SMILES string of the molecule is COc1cc(C(=O)N2CCC[C@@H](N)[C@H]2C)cc2nc(-c3cc4ccc5nc4n3CCCCC[C@]3(F)C[C@H]3C(=O)N[C@@H]5C)n(C)c12. The number of rotatable bonds is 3. The second-order valence-electron chi connectivity index (χ2n) is 13.2. The molecule has 0 radical (unpaired) electrons. The molecule has 0 spiro atoms. The maximum Gasteiger partial charge on any atom is 0.254 e. The number of benzene rings is 1. The molecule has 1 aromatic carbocycles. The van der Waals surface area contributed by atoms with E-state index in [1.54, 1.807) is 13.2 Å². The standard InChI is InChI=1S/C34H42FN7O3/c1-19-25-11-10-21-16-27(42(30(21)38-25)13-7-5-6-12-34(35)18-23(34)32(43)37-19)31-39-26-15-22(17-28(45-4)29(26)40(31)3)33(44)41-14-8-9-24(36)20(41)2/h10-11,15-17,19-20,23-24H,5-9,12-14,18,36H2,1-4H3,(H,37,43)/t19-,20-,23+,24-,34+/m1/s1. The summed E-state index contributed by atoms with van der Waals surface area (Å²) >= 11 is 0. The number of carbonyl (C=O) groups is 2. The third-order valence-corrected chi connectivity index (χ3v) is 10.3. The Morgan fingerprint density at radius 2 is 1.93 bits per heavy atom. The van der Waals surface area contributed by atoms with Crippen molar-refractivity contribution in [3.8, 4) is 17.3 Å². The highest BCUT2D eigenvalue weighted by molar-refractivity contribution is 6.00. The van der Waals surface area contributed by atoms with Crippen LogP contribution in [-0.4, -0.2) is 67.2 Å². The van der Waals surface area contributed by atoms with Gasteiger partial charge in [-0.1, -0.05) is 12.8 Å². The van der Waals surface area contributed by atoms with E-state index in [1.807, 2.05) is 48.6 Å². The van der Waals surface area contributed by atoms with Crippen molar-refractivity contribution in [1.29, 1.82) is 0 Å². The second-order valence-corrected chi connectivity index (χ2v) is 13.2. The molecular weight excluding hydrogens is 573 g/mol. The minimum absolute atomic E-state index is 0.0448. The van der Waals surface area contributed by atoms with Crippen molar-refractivity contribution in [1.82, 2.24) is 29.3 Å². The number of alkyl halides is 1. The Balaban J connectivity index is 1.30. The number of likely N-dealkylation sites (tertiary alicyclic amines) is 1. The molecular formula is C34H42FN7O3. The van der Waals surface area contributed by atoms with Crippen LogP contribution in [0.4, 0.5) is 4.39 Å². The number of pyridine rings is 1. The monoisotopic (exact) mass is 615 g/mol. The summed E-state index contributed by atoms with van der Waals surface area (Å²) in [6, 6.07) is 9.24. The summed E-state index contributed by atoms with van der Waals surface area (Å²) in [6.07, 6.45) is 4.91. The van der Waals surface area contributed by atoms with E-state index in [1.165, 1.54) is 0 Å². The lowest BCUT2D eigenvalue weighted by molar-refractivity contribution is -0.124. The predicted molar refractivity (Wildman–Crippen MR) is 171 cm³/mol. The fourth-order valence-electron chi connectivity index (χ4n) is 7.38. The Kier molecular flexibility index (Phi) is 7.34. The van der Waals surface area contributed by atoms with Crippen LogP contribution in [0.1, 0.15) is 80.9 Å². The van der Waals surface area contributed by atoms with E-state index in [9.17, 15) is 9.59 Å². The predicted octanol–water partition coefficient (Wildman–Crippen LogP) is 5.03. The first-order valence-corrected chi connectivity index (χ1v) is 16.2. The molecule has 0 unspecified atom stereocenters. The molecule has 11 heteroatoms. The highest BCUT2D eigenvalue weighted by Crippen LogP contribution is 2.51. The number of aromatic nitrogens is 4. The van der Waals surface area contributed by atoms with Gasteiger partial charge in [0.15, 0.2) is 5.82 Å². The van der Waals surface area contributed by atoms with Gasteiger partial charge >= 0.3 is 0 Å². The van der Waals surface area contributed by atoms with E-state index in [0.29, 0.717) is 42.8 Å². The quantitative estimate of drug-likeness (QED) is 0.334. The Hall–Kier alpha value is -3.99. The van der Waals surface area contributed by atoms with E-state index < -0.39 is 11.6 Å². The van der Waals surface area contributed by atoms with Crippen molar-refractivity contribution in [3.63, 3.8) is 0 Å². The largest absolute Gasteiger partial charge is 0.494 e. The summed E-state index contributed by atoms with van der Waals surface area (Å²) in [6.45, 7) is 5.26. The first-order chi connectivity index (χ1) is 21.6. The van der Waals surface area contributed by atoms with Gasteiger partial charge in [-0.05, 0) is 76.3 Å². The molecule has 5 heterocycles. The minimum Gasteiger partial charge on any atom is -0.494 e. The van der Waals surface area contributed by atoms with Gasteiger partial charge in [-0.15, -0.1) is 0 Å². The van der Waals surface area contributed by atoms with Crippen molar-refractivity contribution >= 4 is 33.9 Å². The maximum atomic E-state index is 15.2. The number of hydrogen-bond acceptors (Lipinski definition) is 6. The van der Waals surface area contributed by atoms with E-state index in [-0.39, 0.29) is 29.9 Å². The molecule has 10 nitrogen and oxygen atoms in total. The van der Waals surface area contributed by atoms with Gasteiger partial charge in [-0.2, -0.15) is 0 Å². The first-order valence-electron chi connectivity index (χ1n) is 16.2. The molecule has 1 saturated heterocycles. The average molecular weight is 616 g/mol. The fourth-order valence-corrected chi connectivity index (χ4v) is 7.38. The molecule has 2 amide bonds. The number of methoxy groups -OCH3 is 1. The molecule has 3 N–H and O–H groups in total. The van der Waals surface area contributed by atoms with E-state index >= 15 is 4.39 Å². The zero-order valence-electron chi connectivity index (χ0n) is 26.5. The molecule has 238 valence electrons. The lowest BCUT2D eigenvalue weighted by Crippen LogP contribution is -2.52. The minimum atomic E-state index is -1.39. The summed E-state index contributed by atoms with van der Waals surface area (Å²) in [4.78, 5) is 38.5. The van der Waals surface area contributed by atoms with Gasteiger partial charge in [0.2, 0.25) is 5.91 Å². The van der Waals surface area contributed by atoms with Crippen LogP contribution in [0.15, 0.2) is 30.3 Å². The van der Waals surface area contributed by atoms with Gasteiger partial charge in [-0.3, -0.25) is 9.59 Å². The number of nitrogens with zero attached hydrogens (tertiary/aromatic N) is 5. The normalized spacial score (nSPS) is 27.3. The smallest absolute Gasteiger partial charge is 0.254 e. The van der Waals surface area contributed by atoms with Gasteiger partial charge in [0.05, 0.1) is 36.0 Å². The van der Waals surface area contributed by atoms with E-state index in [4.69, 9.17) is 20.4 Å². The number of imidazole rings is 1. The van der Waals surface area contributed by atoms with Crippen LogP contribution in [0.5, 0.6) is 5.75 Å². The van der Waals surface area contributed by atoms with Crippen LogP contribution >= 0.6 is 0 Å². The summed E-state index contributed by atoms with van der Waals surface area (Å²) in [5.74, 6) is 0.439. The summed E-state index contributed by atoms with van der Waals surface area (Å²) in [5, 5.41) is 3.96. The third-order valence-electron chi connectivity index (χ3n) is 10.3. The lowest BCUT2D eigenvalue weighted by atomic mass is 9.97. The van der Waals surface area contributed by atoms with Gasteiger partial charge in [-0.25, -0.2) is 14.4 Å². The number of fused-ring (bicyclic) bond motifs is 3. The van der Waals surface area contributed by atoms with Crippen LogP contribution in [-0.2, 0) is 18.4 Å². The molecule has 4 aromatic rings. The highest BCUT2D eigenvalue weighted by atomic mass is 19.1. The molecule has 2 fully saturated rings. The summed E-state index contributed by atoms with van der Waals surface area (Å²) < 4.78 is 25.2. The topological polar surface area (TPSA) is 120 Å². The number of nitrogens with one attached hydrogen (secondary N) is 1. The molecule has 3 aromatic heterocycles. The number of aryl methyl sites for hydroxylation is 2. The van der Waals surface area contributed by atoms with E-state index in [2.05, 4.69) is 16.0 Å². The number of piperidine rings is 1. The number of carbonyl (C=O) groups excluding carboxylic acids is 2. The van der Waals surface area contributed by atoms with Crippen molar-refractivity contribution in [2.75, 3.05) is 13.7 Å². The zero-order valence-corrected chi connectivity index (χ0v) is 26.5. The Bertz CT molecular complexity index is 1810. The average Bonchev–Trinajstić information content (AvgIpc) is 3.41. The molecule has 3 aliphatic rings. The van der Waals surface area contributed by atoms with Gasteiger partial charge in [0.1, 0.15) is 22.6 Å². The van der Waals surface area contributed by atoms with Crippen LogP contribution in [0.2, 0.25) is 0 Å². The summed E-state index contributed by atoms with van der Waals surface area (Å²) in [5.41, 5.74) is 9.34. The molecule has 5 atom stereocenters. The Labute approximate surface area is 262 Å². The third kappa shape index (κ3) is 5.05. The molecule has 45 heavy (non-hydrogen) atoms. The Morgan fingerprint density at radius 1 is 1.11 bits per heavy atom. The summed E-state index contributed by atoms with van der Waals surface area (Å²) in [7, 11) is 3.56. The van der Waals surface area contributed by atoms with Crippen LogP contribution in [0.3, 0.4) is 0 Å². The molecule has 1 saturated carbocycles. The lowest BCUT2D eigenvalue weighted by Gasteiger charge is -2.37. The molecule has 1 aliphatic carbocycles. The zero-order chi connectivity index (χ0) is 31.6. The van der Waals surface area contributed by atoms with Crippen LogP contribution in [0, 0.1) is 5.92 Å². The first kappa shape index (κ1) is 29.7. The molecule has 7 rings (SSSR count). The van der Waals surface area contributed by atoms with Crippen molar-refractivity contribution in [3.05, 3.63) is 41.6 Å². The van der Waals surface area contributed by atoms with Crippen molar-refractivity contribution in [2.45, 2.75) is 89.1 Å². The fraction of sp³-hybridized carbons (Fsp3) is 0.529. The highest BCUT2D eigenvalue weighted by Gasteiger charge is 2.59. The van der Waals surface area contributed by atoms with Crippen LogP contribution < -0.4 is 15.8 Å². The maximum absolute atomic E-state index is 15.2. The number of halogens is 1. The second kappa shape index (κ2) is 11.1. The number of hydrogen-bond donors (Lipinski definition) is 2. The van der Waals surface area contributed by atoms with E-state index in [0.717, 1.165) is 65.9 Å². The van der Waals surface area contributed by atoms with Gasteiger partial charge in [0.25, 0.3) is 5.91 Å². The molecule has 2 bridgehead atoms. The molecule has 2 aliphatic heterocycles. The van der Waals surface area contributed by atoms with Crippen LogP contribution in [0.25, 0.3) is 33.6 Å². The number of amides is 2.